The van der Waals surface area contributed by atoms with Crippen molar-refractivity contribution in [2.75, 3.05) is 26.4 Å². The highest BCUT2D eigenvalue weighted by Crippen LogP contribution is 2.34. The minimum Gasteiger partial charge on any atom is -0.394 e. The molecule has 17 atom stereocenters. The zero-order chi connectivity index (χ0) is 79.5. The molecular formula is C91H173NO18. The summed E-state index contributed by atoms with van der Waals surface area (Å²) in [7, 11) is 0. The summed E-state index contributed by atoms with van der Waals surface area (Å²) in [6, 6.07) is -0.887. The number of carbonyl (C=O) groups excluding carboxylic acids is 1. The van der Waals surface area contributed by atoms with E-state index in [0.29, 0.717) is 12.8 Å². The van der Waals surface area contributed by atoms with Gasteiger partial charge >= 0.3 is 0 Å². The number of allylic oxidation sites excluding steroid dienone is 4. The Morgan fingerprint density at radius 2 is 0.600 bits per heavy atom. The molecule has 3 heterocycles. The Balaban J connectivity index is 1.30. The van der Waals surface area contributed by atoms with E-state index in [1.54, 1.807) is 0 Å². The van der Waals surface area contributed by atoms with Crippen molar-refractivity contribution >= 4 is 5.91 Å². The third-order valence-electron chi connectivity index (χ3n) is 23.5. The third-order valence-corrected chi connectivity index (χ3v) is 23.5. The van der Waals surface area contributed by atoms with E-state index in [9.17, 15) is 61.0 Å². The van der Waals surface area contributed by atoms with Crippen LogP contribution in [0, 0.1) is 0 Å². The van der Waals surface area contributed by atoms with Gasteiger partial charge in [-0.3, -0.25) is 4.79 Å². The van der Waals surface area contributed by atoms with Crippen molar-refractivity contribution in [1.82, 2.24) is 5.32 Å². The molecule has 110 heavy (non-hydrogen) atoms. The van der Waals surface area contributed by atoms with Gasteiger partial charge in [0.2, 0.25) is 5.91 Å². The number of hydrogen-bond acceptors (Lipinski definition) is 18. The Bertz CT molecular complexity index is 2070. The summed E-state index contributed by atoms with van der Waals surface area (Å²) >= 11 is 0. The maximum Gasteiger partial charge on any atom is 0.220 e. The fourth-order valence-corrected chi connectivity index (χ4v) is 16.1. The maximum atomic E-state index is 13.6. The first-order valence-electron chi connectivity index (χ1n) is 46.6. The zero-order valence-corrected chi connectivity index (χ0v) is 70.3. The molecular weight excluding hydrogens is 1390 g/mol. The van der Waals surface area contributed by atoms with Gasteiger partial charge in [-0.15, -0.1) is 0 Å². The van der Waals surface area contributed by atoms with E-state index >= 15 is 0 Å². The van der Waals surface area contributed by atoms with E-state index in [1.807, 2.05) is 0 Å². The molecule has 650 valence electrons. The van der Waals surface area contributed by atoms with Gasteiger partial charge in [-0.2, -0.15) is 0 Å². The smallest absolute Gasteiger partial charge is 0.220 e. The average Bonchev–Trinajstić information content (AvgIpc) is 0.795. The molecule has 0 aromatic carbocycles. The predicted octanol–water partition coefficient (Wildman–Crippen LogP) is 18.0. The number of hydrogen-bond donors (Lipinski definition) is 12. The Morgan fingerprint density at radius 3 is 0.927 bits per heavy atom. The highest BCUT2D eigenvalue weighted by Gasteiger charge is 2.54. The minimum atomic E-state index is -1.97. The standard InChI is InChI=1S/C91H173NO18/c1-3-5-7-9-11-13-15-17-19-21-23-25-27-29-31-33-35-36-37-38-39-41-43-45-47-49-51-53-55-57-59-61-63-65-67-69-79(97)92-74(75(96)68-66-64-62-60-58-56-54-52-50-48-46-44-42-40-34-32-30-28-26-24-22-20-18-16-14-12-10-8-6-4-2)73-105-89-85(103)82(100)87(77(71-94)107-89)110-91-86(104)83(101)88(78(72-95)108-91)109-90-84(102)81(99)80(98)76(70-93)106-90/h15,17,21,23,74-78,80-91,93-96,98-104H,3-14,16,18-20,22,24-73H2,1-2H3,(H,92,97)/b17-15-,23-21-. The summed E-state index contributed by atoms with van der Waals surface area (Å²) in [5, 5.41) is 121. The van der Waals surface area contributed by atoms with Crippen molar-refractivity contribution in [2.24, 2.45) is 0 Å². The molecule has 0 aliphatic carbocycles. The van der Waals surface area contributed by atoms with Gasteiger partial charge in [-0.25, -0.2) is 0 Å². The van der Waals surface area contributed by atoms with E-state index in [4.69, 9.17) is 28.4 Å². The summed E-state index contributed by atoms with van der Waals surface area (Å²) in [5.41, 5.74) is 0. The molecule has 3 saturated heterocycles. The predicted molar refractivity (Wildman–Crippen MR) is 443 cm³/mol. The van der Waals surface area contributed by atoms with Crippen LogP contribution in [-0.4, -0.2) is 193 Å². The summed E-state index contributed by atoms with van der Waals surface area (Å²) in [6.45, 7) is 1.87. The number of aliphatic hydroxyl groups is 11. The SMILES string of the molecule is CCCCCCC/C=C\C/C=C\CCCCCCCCCCCCCCCCCCCCCCCCCC(=O)NC(COC1OC(CO)C(OC2OC(CO)C(OC3OC(CO)C(O)C(O)C3O)C(O)C2O)C(O)C1O)C(O)CCCCCCCCCCCCCCCCCCCCCCCCCCCCCCCC. The van der Waals surface area contributed by atoms with Gasteiger partial charge in [0.25, 0.3) is 0 Å². The molecule has 3 fully saturated rings. The Morgan fingerprint density at radius 1 is 0.327 bits per heavy atom. The first-order valence-corrected chi connectivity index (χ1v) is 46.6. The van der Waals surface area contributed by atoms with Crippen LogP contribution in [0.15, 0.2) is 24.3 Å². The monoisotopic (exact) mass is 1570 g/mol. The van der Waals surface area contributed by atoms with Crippen molar-refractivity contribution in [3.05, 3.63) is 24.3 Å². The van der Waals surface area contributed by atoms with E-state index < -0.39 is 124 Å². The number of carbonyl (C=O) groups is 1. The molecule has 0 aromatic rings. The number of rotatable bonds is 77. The fraction of sp³-hybridized carbons (Fsp3) is 0.945. The first kappa shape index (κ1) is 102. The van der Waals surface area contributed by atoms with Crippen molar-refractivity contribution in [1.29, 1.82) is 0 Å². The Labute approximate surface area is 670 Å². The second-order valence-electron chi connectivity index (χ2n) is 33.5. The number of amides is 1. The van der Waals surface area contributed by atoms with Gasteiger partial charge in [0, 0.05) is 6.42 Å². The summed E-state index contributed by atoms with van der Waals surface area (Å²) in [6.07, 6.45) is 63.0. The maximum absolute atomic E-state index is 13.6. The fourth-order valence-electron chi connectivity index (χ4n) is 16.1. The van der Waals surface area contributed by atoms with Crippen LogP contribution in [0.4, 0.5) is 0 Å². The lowest BCUT2D eigenvalue weighted by Crippen LogP contribution is -2.66. The van der Waals surface area contributed by atoms with E-state index in [2.05, 4.69) is 43.5 Å². The lowest BCUT2D eigenvalue weighted by Gasteiger charge is -2.48. The van der Waals surface area contributed by atoms with Gasteiger partial charge in [-0.05, 0) is 44.9 Å². The summed E-state index contributed by atoms with van der Waals surface area (Å²) in [5.74, 6) is -0.232. The second-order valence-corrected chi connectivity index (χ2v) is 33.5. The molecule has 1 amide bonds. The third kappa shape index (κ3) is 49.5. The topological polar surface area (TPSA) is 307 Å². The Hall–Kier alpha value is -1.73. The van der Waals surface area contributed by atoms with Crippen molar-refractivity contribution in [3.63, 3.8) is 0 Å². The normalized spacial score (nSPS) is 25.2. The van der Waals surface area contributed by atoms with E-state index in [-0.39, 0.29) is 18.9 Å². The van der Waals surface area contributed by atoms with Gasteiger partial charge in [0.05, 0.1) is 38.6 Å². The quantitative estimate of drug-likeness (QED) is 0.0199. The van der Waals surface area contributed by atoms with Crippen molar-refractivity contribution < 1.29 is 89.4 Å². The molecule has 0 saturated carbocycles. The number of unbranched alkanes of at least 4 members (excludes halogenated alkanes) is 57. The second kappa shape index (κ2) is 71.4. The number of aliphatic hydroxyl groups excluding tert-OH is 11. The van der Waals surface area contributed by atoms with Crippen LogP contribution in [-0.2, 0) is 33.2 Å². The van der Waals surface area contributed by atoms with E-state index in [0.717, 1.165) is 51.4 Å². The van der Waals surface area contributed by atoms with Crippen molar-refractivity contribution in [3.8, 4) is 0 Å². The van der Waals surface area contributed by atoms with Crippen LogP contribution in [0.25, 0.3) is 0 Å². The van der Waals surface area contributed by atoms with Crippen LogP contribution in [0.3, 0.4) is 0 Å². The minimum absolute atomic E-state index is 0.232. The number of ether oxygens (including phenoxy) is 6. The molecule has 0 radical (unpaired) electrons. The van der Waals surface area contributed by atoms with Crippen LogP contribution in [0.1, 0.15) is 418 Å². The Kier molecular flexibility index (Phi) is 66.5. The molecule has 0 spiro atoms. The van der Waals surface area contributed by atoms with Gasteiger partial charge in [-0.1, -0.05) is 391 Å². The largest absolute Gasteiger partial charge is 0.394 e. The lowest BCUT2D eigenvalue weighted by molar-refractivity contribution is -0.379. The van der Waals surface area contributed by atoms with E-state index in [1.165, 1.54) is 334 Å². The van der Waals surface area contributed by atoms with Crippen LogP contribution in [0.5, 0.6) is 0 Å². The molecule has 19 nitrogen and oxygen atoms in total. The highest BCUT2D eigenvalue weighted by molar-refractivity contribution is 5.76. The molecule has 0 bridgehead atoms. The molecule has 19 heteroatoms. The molecule has 3 rings (SSSR count). The average molecular weight is 1570 g/mol. The van der Waals surface area contributed by atoms with Crippen molar-refractivity contribution in [2.45, 2.75) is 523 Å². The van der Waals surface area contributed by atoms with Gasteiger partial charge in [0.1, 0.15) is 73.2 Å². The number of nitrogens with one attached hydrogen (secondary N) is 1. The molecule has 3 aliphatic heterocycles. The molecule has 17 unspecified atom stereocenters. The lowest BCUT2D eigenvalue weighted by atomic mass is 9.96. The highest BCUT2D eigenvalue weighted by atomic mass is 16.8. The summed E-state index contributed by atoms with van der Waals surface area (Å²) < 4.78 is 34.6. The summed E-state index contributed by atoms with van der Waals surface area (Å²) in [4.78, 5) is 13.6. The molecule has 0 aromatic heterocycles. The van der Waals surface area contributed by atoms with Crippen LogP contribution < -0.4 is 5.32 Å². The molecule has 3 aliphatic rings. The van der Waals surface area contributed by atoms with Gasteiger partial charge in [0.15, 0.2) is 18.9 Å². The first-order chi connectivity index (χ1) is 53.8. The zero-order valence-electron chi connectivity index (χ0n) is 70.3. The molecule has 12 N–H and O–H groups in total. The van der Waals surface area contributed by atoms with Crippen LogP contribution in [0.2, 0.25) is 0 Å². The van der Waals surface area contributed by atoms with Crippen LogP contribution >= 0.6 is 0 Å². The van der Waals surface area contributed by atoms with Gasteiger partial charge < -0.3 is 89.9 Å².